The van der Waals surface area contributed by atoms with E-state index in [1.165, 1.54) is 25.2 Å². The van der Waals surface area contributed by atoms with Gasteiger partial charge in [0, 0.05) is 18.6 Å². The molecule has 0 atom stereocenters. The highest BCUT2D eigenvalue weighted by Crippen LogP contribution is 2.29. The Morgan fingerprint density at radius 2 is 1.94 bits per heavy atom. The van der Waals surface area contributed by atoms with E-state index in [4.69, 9.17) is 22.1 Å². The molecule has 3 N–H and O–H groups in total. The van der Waals surface area contributed by atoms with Crippen molar-refractivity contribution < 1.29 is 22.7 Å². The van der Waals surface area contributed by atoms with E-state index in [-0.39, 0.29) is 34.7 Å². The number of halogens is 4. The summed E-state index contributed by atoms with van der Waals surface area (Å²) in [6.07, 6.45) is -4.56. The van der Waals surface area contributed by atoms with Crippen LogP contribution in [-0.2, 0) is 13.6 Å². The summed E-state index contributed by atoms with van der Waals surface area (Å²) in [5, 5.41) is 2.81. The summed E-state index contributed by atoms with van der Waals surface area (Å²) in [4.78, 5) is 37.6. The molecular weight excluding hydrogens is 441 g/mol. The van der Waals surface area contributed by atoms with Gasteiger partial charge in [0.2, 0.25) is 0 Å². The van der Waals surface area contributed by atoms with Gasteiger partial charge in [0.05, 0.1) is 12.2 Å². The van der Waals surface area contributed by atoms with Gasteiger partial charge in [0.25, 0.3) is 5.56 Å². The number of alkyl halides is 3. The fraction of sp³-hybridized carbons (Fsp3) is 0.421. The number of aromatic nitrogens is 2. The first kappa shape index (κ1) is 24.3. The lowest BCUT2D eigenvalue weighted by Crippen LogP contribution is -2.43. The third kappa shape index (κ3) is 6.03. The Bertz CT molecular complexity index is 1090. The lowest BCUT2D eigenvalue weighted by atomic mass is 10.1. The average molecular weight is 463 g/mol. The second-order valence-corrected chi connectivity index (χ2v) is 7.67. The molecule has 0 saturated heterocycles. The second kappa shape index (κ2) is 9.46. The Morgan fingerprint density at radius 3 is 2.52 bits per heavy atom. The van der Waals surface area contributed by atoms with Crippen LogP contribution in [0.5, 0.6) is 5.75 Å². The fourth-order valence-electron chi connectivity index (χ4n) is 2.78. The Balaban J connectivity index is 2.34. The van der Waals surface area contributed by atoms with E-state index < -0.39 is 41.9 Å². The zero-order valence-electron chi connectivity index (χ0n) is 17.0. The van der Waals surface area contributed by atoms with Gasteiger partial charge in [-0.2, -0.15) is 13.2 Å². The maximum atomic E-state index is 12.7. The summed E-state index contributed by atoms with van der Waals surface area (Å²) >= 11 is 5.88. The number of ether oxygens (including phenoxy) is 1. The molecule has 0 aliphatic heterocycles. The predicted octanol–water partition coefficient (Wildman–Crippen LogP) is 2.67. The molecule has 1 aromatic heterocycles. The highest BCUT2D eigenvalue weighted by molar-refractivity contribution is 6.31. The molecule has 0 unspecified atom stereocenters. The number of nitrogen functional groups attached to an aromatic ring is 1. The van der Waals surface area contributed by atoms with Crippen molar-refractivity contribution in [3.8, 4) is 5.75 Å². The van der Waals surface area contributed by atoms with Gasteiger partial charge >= 0.3 is 11.9 Å². The summed E-state index contributed by atoms with van der Waals surface area (Å²) in [7, 11) is 1.23. The number of hydrogen-bond acceptors (Lipinski definition) is 6. The van der Waals surface area contributed by atoms with Crippen LogP contribution in [0.2, 0.25) is 5.02 Å². The zero-order valence-corrected chi connectivity index (χ0v) is 17.8. The number of carbonyl (C=O) groups is 1. The summed E-state index contributed by atoms with van der Waals surface area (Å²) in [5.41, 5.74) is 4.06. The molecule has 0 spiro atoms. The van der Waals surface area contributed by atoms with Crippen molar-refractivity contribution in [3.63, 3.8) is 0 Å². The van der Waals surface area contributed by atoms with Crippen LogP contribution < -0.4 is 27.0 Å². The van der Waals surface area contributed by atoms with Gasteiger partial charge in [-0.3, -0.25) is 18.7 Å². The molecule has 0 amide bonds. The van der Waals surface area contributed by atoms with Crippen LogP contribution >= 0.6 is 11.6 Å². The molecular formula is C19H22ClF3N4O4. The fourth-order valence-corrected chi connectivity index (χ4v) is 2.95. The maximum absolute atomic E-state index is 12.7. The van der Waals surface area contributed by atoms with Crippen LogP contribution in [0.1, 0.15) is 24.2 Å². The van der Waals surface area contributed by atoms with E-state index >= 15 is 0 Å². The molecule has 1 aromatic carbocycles. The van der Waals surface area contributed by atoms with Crippen molar-refractivity contribution in [2.75, 3.05) is 24.2 Å². The molecule has 31 heavy (non-hydrogen) atoms. The molecule has 1 heterocycles. The van der Waals surface area contributed by atoms with Gasteiger partial charge in [-0.15, -0.1) is 0 Å². The first-order chi connectivity index (χ1) is 14.3. The van der Waals surface area contributed by atoms with Gasteiger partial charge in [0.15, 0.2) is 12.4 Å². The molecule has 0 bridgehead atoms. The first-order valence-electron chi connectivity index (χ1n) is 9.17. The summed E-state index contributed by atoms with van der Waals surface area (Å²) in [6.45, 7) is 1.83. The topological polar surface area (TPSA) is 108 Å². The van der Waals surface area contributed by atoms with E-state index in [1.54, 1.807) is 0 Å². The van der Waals surface area contributed by atoms with Crippen molar-refractivity contribution in [2.24, 2.45) is 13.0 Å². The van der Waals surface area contributed by atoms with Crippen LogP contribution in [0.15, 0.2) is 27.8 Å². The first-order valence-corrected chi connectivity index (χ1v) is 9.55. The number of nitrogens with two attached hydrogens (primary N) is 1. The molecule has 2 rings (SSSR count). The number of ketones is 1. The molecule has 8 nitrogen and oxygen atoms in total. The Morgan fingerprint density at radius 1 is 1.29 bits per heavy atom. The van der Waals surface area contributed by atoms with E-state index in [0.717, 1.165) is 9.13 Å². The van der Waals surface area contributed by atoms with Crippen molar-refractivity contribution in [2.45, 2.75) is 26.6 Å². The number of rotatable bonds is 8. The van der Waals surface area contributed by atoms with Gasteiger partial charge in [-0.1, -0.05) is 25.4 Å². The number of nitrogens with one attached hydrogen (secondary N) is 1. The monoisotopic (exact) mass is 462 g/mol. The number of hydrogen-bond donors (Lipinski definition) is 2. The average Bonchev–Trinajstić information content (AvgIpc) is 2.66. The van der Waals surface area contributed by atoms with Crippen LogP contribution in [0, 0.1) is 5.92 Å². The highest BCUT2D eigenvalue weighted by atomic mass is 35.5. The third-order valence-corrected chi connectivity index (χ3v) is 4.42. The van der Waals surface area contributed by atoms with E-state index in [1.807, 2.05) is 13.8 Å². The molecule has 0 fully saturated rings. The lowest BCUT2D eigenvalue weighted by molar-refractivity contribution is -0.153. The number of anilines is 2. The molecule has 0 aliphatic carbocycles. The zero-order chi connectivity index (χ0) is 23.5. The van der Waals surface area contributed by atoms with Crippen molar-refractivity contribution >= 4 is 28.9 Å². The number of Topliss-reactive ketones (excluding diaryl/α,β-unsaturated/α-hetero) is 1. The Kier molecular flexibility index (Phi) is 7.42. The lowest BCUT2D eigenvalue weighted by Gasteiger charge is -2.17. The van der Waals surface area contributed by atoms with E-state index in [2.05, 4.69) is 5.32 Å². The van der Waals surface area contributed by atoms with Gasteiger partial charge in [0.1, 0.15) is 17.1 Å². The number of carbonyl (C=O) groups excluding carboxylic acids is 1. The van der Waals surface area contributed by atoms with Crippen molar-refractivity contribution in [1.29, 1.82) is 0 Å². The SMILES string of the molecule is CC(C)Cn1c(N)c(C(=O)CNc2cc(Cl)ccc2OCC(F)(F)F)c(=O)n(C)c1=O. The molecule has 170 valence electrons. The molecule has 0 saturated carbocycles. The standard InChI is InChI=1S/C19H22ClF3N4O4/c1-10(2)8-27-16(24)15(17(29)26(3)18(27)30)13(28)7-25-12-6-11(20)4-5-14(12)31-9-19(21,22)23/h4-6,10,25H,7-9,24H2,1-3H3. The van der Waals surface area contributed by atoms with Crippen molar-refractivity contribution in [1.82, 2.24) is 9.13 Å². The Hall–Kier alpha value is -2.95. The predicted molar refractivity (Wildman–Crippen MR) is 111 cm³/mol. The van der Waals surface area contributed by atoms with Crippen LogP contribution in [0.3, 0.4) is 0 Å². The minimum absolute atomic E-state index is 0.0124. The highest BCUT2D eigenvalue weighted by Gasteiger charge is 2.29. The van der Waals surface area contributed by atoms with Crippen molar-refractivity contribution in [3.05, 3.63) is 49.6 Å². The molecule has 2 aromatic rings. The normalized spacial score (nSPS) is 11.6. The third-order valence-electron chi connectivity index (χ3n) is 4.18. The van der Waals surface area contributed by atoms with Crippen LogP contribution in [0.25, 0.3) is 0 Å². The quantitative estimate of drug-likeness (QED) is 0.584. The van der Waals surface area contributed by atoms with Gasteiger partial charge in [-0.25, -0.2) is 4.79 Å². The maximum Gasteiger partial charge on any atom is 0.422 e. The largest absolute Gasteiger partial charge is 0.482 e. The summed E-state index contributed by atoms with van der Waals surface area (Å²) < 4.78 is 44.1. The summed E-state index contributed by atoms with van der Waals surface area (Å²) in [6, 6.07) is 3.83. The van der Waals surface area contributed by atoms with E-state index in [0.29, 0.717) is 0 Å². The molecule has 0 radical (unpaired) electrons. The van der Waals surface area contributed by atoms with Gasteiger partial charge < -0.3 is 15.8 Å². The van der Waals surface area contributed by atoms with Gasteiger partial charge in [-0.05, 0) is 24.1 Å². The van der Waals surface area contributed by atoms with E-state index in [9.17, 15) is 27.6 Å². The smallest absolute Gasteiger partial charge is 0.422 e. The minimum Gasteiger partial charge on any atom is -0.482 e. The molecule has 0 aliphatic rings. The minimum atomic E-state index is -4.56. The van der Waals surface area contributed by atoms with Crippen LogP contribution in [0.4, 0.5) is 24.7 Å². The number of benzene rings is 1. The number of nitrogens with zero attached hydrogens (tertiary/aromatic N) is 2. The summed E-state index contributed by atoms with van der Waals surface area (Å²) in [5.74, 6) is -1.19. The van der Waals surface area contributed by atoms with Crippen LogP contribution in [-0.4, -0.2) is 34.2 Å². The second-order valence-electron chi connectivity index (χ2n) is 7.23. The Labute approximate surface area is 180 Å². The molecule has 12 heteroatoms.